The van der Waals surface area contributed by atoms with E-state index in [4.69, 9.17) is 39.5 Å². The molecule has 0 bridgehead atoms. The van der Waals surface area contributed by atoms with Crippen LogP contribution in [0.25, 0.3) is 6.08 Å². The maximum Gasteiger partial charge on any atom is 0.298 e. The van der Waals surface area contributed by atoms with Gasteiger partial charge in [-0.05, 0) is 117 Å². The summed E-state index contributed by atoms with van der Waals surface area (Å²) in [5, 5.41) is 1.29. The van der Waals surface area contributed by atoms with Crippen LogP contribution < -0.4 is 9.64 Å². The molecule has 1 aliphatic heterocycles. The van der Waals surface area contributed by atoms with Crippen molar-refractivity contribution in [2.75, 3.05) is 4.90 Å². The summed E-state index contributed by atoms with van der Waals surface area (Å²) >= 11 is 23.4. The number of carbonyl (C=O) groups excluding carboxylic acids is 2. The quantitative estimate of drug-likeness (QED) is 0.194. The number of halogens is 5. The molecule has 0 aliphatic carbocycles. The van der Waals surface area contributed by atoms with E-state index in [0.29, 0.717) is 38.0 Å². The zero-order valence-electron chi connectivity index (χ0n) is 16.5. The van der Waals surface area contributed by atoms with Crippen LogP contribution in [-0.4, -0.2) is 11.1 Å². The molecule has 3 aromatic rings. The number of amides is 2. The molecule has 4 nitrogen and oxygen atoms in total. The van der Waals surface area contributed by atoms with Crippen molar-refractivity contribution in [2.45, 2.75) is 6.61 Å². The average molecular weight is 743 g/mol. The molecule has 0 aromatic heterocycles. The summed E-state index contributed by atoms with van der Waals surface area (Å²) in [6, 6.07) is 15.7. The molecule has 33 heavy (non-hydrogen) atoms. The normalized spacial score (nSPS) is 14.9. The van der Waals surface area contributed by atoms with E-state index in [-0.39, 0.29) is 11.1 Å². The lowest BCUT2D eigenvalue weighted by molar-refractivity contribution is -0.113. The molecule has 0 spiro atoms. The van der Waals surface area contributed by atoms with Gasteiger partial charge >= 0.3 is 0 Å². The summed E-state index contributed by atoms with van der Waals surface area (Å²) < 4.78 is 7.75. The van der Waals surface area contributed by atoms with E-state index in [0.717, 1.165) is 34.9 Å². The number of carbonyl (C=O) groups is 2. The van der Waals surface area contributed by atoms with Crippen LogP contribution in [0.1, 0.15) is 11.1 Å². The number of nitrogens with zero attached hydrogens (tertiary/aromatic N) is 1. The van der Waals surface area contributed by atoms with Crippen molar-refractivity contribution in [3.05, 3.63) is 92.8 Å². The van der Waals surface area contributed by atoms with Crippen LogP contribution >= 0.6 is 91.7 Å². The van der Waals surface area contributed by atoms with E-state index in [9.17, 15) is 9.59 Å². The number of ether oxygens (including phenoxy) is 1. The Morgan fingerprint density at radius 3 is 2.18 bits per heavy atom. The van der Waals surface area contributed by atoms with Crippen LogP contribution in [0.3, 0.4) is 0 Å². The molecular formula is C23H12Cl3I2NO3S. The molecular weight excluding hydrogens is 730 g/mol. The van der Waals surface area contributed by atoms with E-state index in [1.807, 2.05) is 18.2 Å². The van der Waals surface area contributed by atoms with Gasteiger partial charge in [-0.15, -0.1) is 0 Å². The maximum absolute atomic E-state index is 12.9. The minimum Gasteiger partial charge on any atom is -0.487 e. The van der Waals surface area contributed by atoms with Crippen molar-refractivity contribution in [1.29, 1.82) is 0 Å². The predicted molar refractivity (Wildman–Crippen MR) is 153 cm³/mol. The standard InChI is InChI=1S/C23H12Cl3I2NO3S/c24-14-3-5-16(6-4-14)29-22(30)20(33-23(29)31)9-12-7-18(27)21(19(28)8-12)32-11-13-1-2-15(25)10-17(13)26/h1-10H,11H2/b20-9+. The Morgan fingerprint density at radius 2 is 1.55 bits per heavy atom. The van der Waals surface area contributed by atoms with Crippen LogP contribution in [-0.2, 0) is 11.4 Å². The minimum absolute atomic E-state index is 0.293. The molecule has 0 atom stereocenters. The Balaban J connectivity index is 1.54. The summed E-state index contributed by atoms with van der Waals surface area (Å²) in [5.74, 6) is 0.351. The maximum atomic E-state index is 12.9. The second-order valence-corrected chi connectivity index (χ2v) is 11.4. The van der Waals surface area contributed by atoms with Crippen molar-refractivity contribution in [2.24, 2.45) is 0 Å². The molecule has 3 aromatic carbocycles. The van der Waals surface area contributed by atoms with Gasteiger partial charge in [-0.25, -0.2) is 4.90 Å². The van der Waals surface area contributed by atoms with Crippen molar-refractivity contribution in [3.63, 3.8) is 0 Å². The number of thioether (sulfide) groups is 1. The van der Waals surface area contributed by atoms with Crippen LogP contribution in [0.15, 0.2) is 59.5 Å². The Hall–Kier alpha value is -0.980. The number of hydrogen-bond donors (Lipinski definition) is 0. The van der Waals surface area contributed by atoms with Gasteiger partial charge < -0.3 is 4.74 Å². The molecule has 0 unspecified atom stereocenters. The van der Waals surface area contributed by atoms with Crippen molar-refractivity contribution in [1.82, 2.24) is 0 Å². The van der Waals surface area contributed by atoms with E-state index in [1.165, 1.54) is 0 Å². The molecule has 1 fully saturated rings. The fourth-order valence-electron chi connectivity index (χ4n) is 3.02. The van der Waals surface area contributed by atoms with E-state index >= 15 is 0 Å². The second-order valence-electron chi connectivity index (χ2n) is 6.83. The number of rotatable bonds is 5. The van der Waals surface area contributed by atoms with E-state index in [2.05, 4.69) is 45.2 Å². The van der Waals surface area contributed by atoms with E-state index in [1.54, 1.807) is 42.5 Å². The van der Waals surface area contributed by atoms with Gasteiger partial charge in [0.05, 0.1) is 17.7 Å². The summed E-state index contributed by atoms with van der Waals surface area (Å²) in [5.41, 5.74) is 2.11. The van der Waals surface area contributed by atoms with Crippen molar-refractivity contribution >= 4 is 115 Å². The van der Waals surface area contributed by atoms with Crippen LogP contribution in [0, 0.1) is 7.14 Å². The molecule has 0 radical (unpaired) electrons. The Bertz CT molecular complexity index is 1280. The van der Waals surface area contributed by atoms with Crippen LogP contribution in [0.5, 0.6) is 5.75 Å². The number of hydrogen-bond acceptors (Lipinski definition) is 4. The lowest BCUT2D eigenvalue weighted by Crippen LogP contribution is -2.27. The first-order chi connectivity index (χ1) is 15.7. The molecule has 1 saturated heterocycles. The molecule has 4 rings (SSSR count). The molecule has 0 N–H and O–H groups in total. The summed E-state index contributed by atoms with van der Waals surface area (Å²) in [7, 11) is 0. The summed E-state index contributed by atoms with van der Waals surface area (Å²) in [6.07, 6.45) is 1.71. The predicted octanol–water partition coefficient (Wildman–Crippen LogP) is 8.68. The third-order valence-corrected chi connectivity index (χ3v) is 7.90. The Kier molecular flexibility index (Phi) is 8.18. The van der Waals surface area contributed by atoms with Gasteiger partial charge in [0, 0.05) is 20.6 Å². The van der Waals surface area contributed by atoms with Gasteiger partial charge in [-0.3, -0.25) is 9.59 Å². The topological polar surface area (TPSA) is 46.6 Å². The van der Waals surface area contributed by atoms with Gasteiger partial charge in [-0.2, -0.15) is 0 Å². The minimum atomic E-state index is -0.366. The zero-order chi connectivity index (χ0) is 23.7. The Morgan fingerprint density at radius 1 is 0.909 bits per heavy atom. The summed E-state index contributed by atoms with van der Waals surface area (Å²) in [4.78, 5) is 26.9. The second kappa shape index (κ2) is 10.7. The average Bonchev–Trinajstić information content (AvgIpc) is 3.02. The highest BCUT2D eigenvalue weighted by Gasteiger charge is 2.36. The van der Waals surface area contributed by atoms with Gasteiger partial charge in [0.1, 0.15) is 12.4 Å². The zero-order valence-corrected chi connectivity index (χ0v) is 23.8. The first-order valence-electron chi connectivity index (χ1n) is 9.32. The highest BCUT2D eigenvalue weighted by Crippen LogP contribution is 2.37. The third kappa shape index (κ3) is 5.82. The highest BCUT2D eigenvalue weighted by atomic mass is 127. The molecule has 2 amide bonds. The van der Waals surface area contributed by atoms with Gasteiger partial charge in [0.25, 0.3) is 11.1 Å². The van der Waals surface area contributed by atoms with E-state index < -0.39 is 0 Å². The highest BCUT2D eigenvalue weighted by molar-refractivity contribution is 14.1. The van der Waals surface area contributed by atoms with Crippen molar-refractivity contribution < 1.29 is 14.3 Å². The lowest BCUT2D eigenvalue weighted by Gasteiger charge is -2.13. The number of anilines is 1. The first kappa shape index (κ1) is 25.1. The largest absolute Gasteiger partial charge is 0.487 e. The summed E-state index contributed by atoms with van der Waals surface area (Å²) in [6.45, 7) is 0.293. The molecule has 0 saturated carbocycles. The molecule has 1 heterocycles. The monoisotopic (exact) mass is 741 g/mol. The fourth-order valence-corrected chi connectivity index (χ4v) is 6.58. The smallest absolute Gasteiger partial charge is 0.298 e. The Labute approximate surface area is 236 Å². The number of imide groups is 1. The SMILES string of the molecule is O=C1S/C(=C/c2cc(I)c(OCc3ccc(Cl)cc3Cl)c(I)c2)C(=O)N1c1ccc(Cl)cc1. The third-order valence-electron chi connectivity index (χ3n) is 4.58. The van der Waals surface area contributed by atoms with Gasteiger partial charge in [0.2, 0.25) is 0 Å². The van der Waals surface area contributed by atoms with Gasteiger partial charge in [-0.1, -0.05) is 40.9 Å². The lowest BCUT2D eigenvalue weighted by atomic mass is 10.2. The first-order valence-corrected chi connectivity index (χ1v) is 13.4. The van der Waals surface area contributed by atoms with Crippen LogP contribution in [0.2, 0.25) is 15.1 Å². The van der Waals surface area contributed by atoms with Gasteiger partial charge in [0.15, 0.2) is 0 Å². The molecule has 168 valence electrons. The van der Waals surface area contributed by atoms with Crippen molar-refractivity contribution in [3.8, 4) is 5.75 Å². The molecule has 10 heteroatoms. The molecule has 1 aliphatic rings. The fraction of sp³-hybridized carbons (Fsp3) is 0.0435. The number of benzene rings is 3. The van der Waals surface area contributed by atoms with Crippen LogP contribution in [0.4, 0.5) is 10.5 Å².